The van der Waals surface area contributed by atoms with Gasteiger partial charge in [-0.05, 0) is 24.5 Å². The lowest BCUT2D eigenvalue weighted by atomic mass is 9.85. The highest BCUT2D eigenvalue weighted by Crippen LogP contribution is 2.38. The Kier molecular flexibility index (Phi) is 9.58. The lowest BCUT2D eigenvalue weighted by Crippen LogP contribution is -2.40. The van der Waals surface area contributed by atoms with E-state index in [-0.39, 0.29) is 12.3 Å². The second kappa shape index (κ2) is 12.6. The molecule has 4 rings (SSSR count). The number of aliphatic carboxylic acids is 2. The first-order chi connectivity index (χ1) is 17.1. The molecule has 0 bridgehead atoms. The van der Waals surface area contributed by atoms with Crippen LogP contribution in [0.3, 0.4) is 0 Å². The first-order valence-corrected chi connectivity index (χ1v) is 11.8. The van der Waals surface area contributed by atoms with Gasteiger partial charge in [0.05, 0.1) is 19.6 Å². The van der Waals surface area contributed by atoms with E-state index in [4.69, 9.17) is 24.5 Å². The van der Waals surface area contributed by atoms with E-state index in [2.05, 4.69) is 29.6 Å². The summed E-state index contributed by atoms with van der Waals surface area (Å²) in [6.07, 6.45) is -0.105. The Morgan fingerprint density at radius 1 is 1.06 bits per heavy atom. The van der Waals surface area contributed by atoms with Crippen LogP contribution in [0.4, 0.5) is 13.2 Å². The number of hydrogen-bond acceptors (Lipinski definition) is 5. The molecule has 10 heteroatoms. The first-order valence-electron chi connectivity index (χ1n) is 11.8. The minimum Gasteiger partial charge on any atom is -0.493 e. The van der Waals surface area contributed by atoms with Crippen molar-refractivity contribution in [2.45, 2.75) is 56.8 Å². The van der Waals surface area contributed by atoms with Crippen LogP contribution in [-0.4, -0.2) is 47.6 Å². The largest absolute Gasteiger partial charge is 0.493 e. The zero-order chi connectivity index (χ0) is 26.1. The molecule has 0 saturated heterocycles. The molecule has 1 fully saturated rings. The van der Waals surface area contributed by atoms with Crippen molar-refractivity contribution in [2.24, 2.45) is 5.92 Å². The van der Waals surface area contributed by atoms with Crippen molar-refractivity contribution in [1.82, 2.24) is 5.32 Å². The summed E-state index contributed by atoms with van der Waals surface area (Å²) in [5.74, 6) is -1.57. The average Bonchev–Trinajstić information content (AvgIpc) is 3.23. The molecule has 196 valence electrons. The Morgan fingerprint density at radius 3 is 2.42 bits per heavy atom. The monoisotopic (exact) mass is 509 g/mol. The number of hydrogen-bond donors (Lipinski definition) is 3. The van der Waals surface area contributed by atoms with Crippen LogP contribution in [0.5, 0.6) is 11.5 Å². The predicted molar refractivity (Wildman–Crippen MR) is 125 cm³/mol. The molecule has 1 unspecified atom stereocenters. The van der Waals surface area contributed by atoms with Gasteiger partial charge in [-0.3, -0.25) is 4.79 Å². The molecule has 2 aromatic rings. The fourth-order valence-corrected chi connectivity index (χ4v) is 4.45. The highest BCUT2D eigenvalue weighted by Gasteiger charge is 2.38. The molecule has 1 heterocycles. The standard InChI is InChI=1S/C24H29NO4.C2HF3O2/c26-24(27)12-19-16-29-23-13-20(10-11-21(19)23)28-15-18-8-4-5-9-22(18)25-14-17-6-2-1-3-7-17;3-2(4,5)1(6)7/h1-3,6-7,10-11,13,18-19,22,25H,4-5,8-9,12,14-16H2,(H,26,27);(H,6,7)/t18-,19?,22-;/m0./s1. The fraction of sp³-hybridized carbons (Fsp3) is 0.462. The number of carbonyl (C=O) groups is 2. The van der Waals surface area contributed by atoms with E-state index in [0.29, 0.717) is 25.2 Å². The summed E-state index contributed by atoms with van der Waals surface area (Å²) in [6, 6.07) is 16.8. The van der Waals surface area contributed by atoms with Gasteiger partial charge < -0.3 is 25.0 Å². The van der Waals surface area contributed by atoms with E-state index >= 15 is 0 Å². The Labute approximate surface area is 207 Å². The van der Waals surface area contributed by atoms with Crippen LogP contribution in [-0.2, 0) is 16.1 Å². The molecule has 0 aromatic heterocycles. The molecule has 1 saturated carbocycles. The number of nitrogens with one attached hydrogen (secondary N) is 1. The number of benzene rings is 2. The Balaban J connectivity index is 0.000000454. The van der Waals surface area contributed by atoms with Gasteiger partial charge in [-0.15, -0.1) is 0 Å². The maximum absolute atomic E-state index is 11.0. The molecule has 3 N–H and O–H groups in total. The van der Waals surface area contributed by atoms with Crippen molar-refractivity contribution in [3.63, 3.8) is 0 Å². The fourth-order valence-electron chi connectivity index (χ4n) is 4.45. The van der Waals surface area contributed by atoms with Gasteiger partial charge >= 0.3 is 18.1 Å². The summed E-state index contributed by atoms with van der Waals surface area (Å²) < 4.78 is 43.6. The van der Waals surface area contributed by atoms with E-state index in [1.54, 1.807) is 0 Å². The molecule has 0 spiro atoms. The Bertz CT molecular complexity index is 1010. The number of halogens is 3. The van der Waals surface area contributed by atoms with Gasteiger partial charge in [0.1, 0.15) is 11.5 Å². The summed E-state index contributed by atoms with van der Waals surface area (Å²) in [4.78, 5) is 19.9. The van der Waals surface area contributed by atoms with Crippen LogP contribution in [0, 0.1) is 5.92 Å². The van der Waals surface area contributed by atoms with Crippen molar-refractivity contribution in [1.29, 1.82) is 0 Å². The topological polar surface area (TPSA) is 105 Å². The summed E-state index contributed by atoms with van der Waals surface area (Å²) in [6.45, 7) is 2.00. The maximum Gasteiger partial charge on any atom is 0.490 e. The average molecular weight is 510 g/mol. The van der Waals surface area contributed by atoms with Gasteiger partial charge in [-0.25, -0.2) is 4.79 Å². The van der Waals surface area contributed by atoms with Gasteiger partial charge in [0.2, 0.25) is 0 Å². The van der Waals surface area contributed by atoms with Crippen LogP contribution in [0.1, 0.15) is 49.1 Å². The highest BCUT2D eigenvalue weighted by atomic mass is 19.4. The number of carboxylic acid groups (broad SMARTS) is 2. The predicted octanol–water partition coefficient (Wildman–Crippen LogP) is 5.00. The van der Waals surface area contributed by atoms with Gasteiger partial charge in [0.15, 0.2) is 0 Å². The number of fused-ring (bicyclic) bond motifs is 1. The lowest BCUT2D eigenvalue weighted by Gasteiger charge is -2.32. The Morgan fingerprint density at radius 2 is 1.75 bits per heavy atom. The highest BCUT2D eigenvalue weighted by molar-refractivity contribution is 5.73. The van der Waals surface area contributed by atoms with Gasteiger partial charge in [-0.1, -0.05) is 49.2 Å². The van der Waals surface area contributed by atoms with Crippen LogP contribution >= 0.6 is 0 Å². The number of carboxylic acids is 2. The second-order valence-corrected chi connectivity index (χ2v) is 8.94. The third-order valence-corrected chi connectivity index (χ3v) is 6.31. The third-order valence-electron chi connectivity index (χ3n) is 6.31. The quantitative estimate of drug-likeness (QED) is 0.460. The summed E-state index contributed by atoms with van der Waals surface area (Å²) >= 11 is 0. The SMILES string of the molecule is O=C(O)C(F)(F)F.O=C(O)CC1COc2cc(OC[C@@H]3CCCC[C@@H]3NCc3ccccc3)ccc21. The number of alkyl halides is 3. The molecule has 0 amide bonds. The van der Waals surface area contributed by atoms with Crippen molar-refractivity contribution < 1.29 is 42.4 Å². The van der Waals surface area contributed by atoms with E-state index in [1.807, 2.05) is 24.3 Å². The first kappa shape index (κ1) is 27.3. The van der Waals surface area contributed by atoms with Gasteiger partial charge in [-0.2, -0.15) is 13.2 Å². The summed E-state index contributed by atoms with van der Waals surface area (Å²) in [5, 5.41) is 19.9. The molecule has 0 radical (unpaired) electrons. The van der Waals surface area contributed by atoms with Gasteiger partial charge in [0, 0.05) is 36.1 Å². The molecule has 36 heavy (non-hydrogen) atoms. The van der Waals surface area contributed by atoms with Crippen molar-refractivity contribution in [3.05, 3.63) is 59.7 Å². The van der Waals surface area contributed by atoms with Crippen molar-refractivity contribution >= 4 is 11.9 Å². The lowest BCUT2D eigenvalue weighted by molar-refractivity contribution is -0.192. The smallest absolute Gasteiger partial charge is 0.490 e. The number of ether oxygens (including phenoxy) is 2. The minimum absolute atomic E-state index is 0.0681. The zero-order valence-corrected chi connectivity index (χ0v) is 19.7. The molecule has 3 atom stereocenters. The van der Waals surface area contributed by atoms with E-state index in [1.165, 1.54) is 31.2 Å². The summed E-state index contributed by atoms with van der Waals surface area (Å²) in [7, 11) is 0. The molecule has 1 aliphatic carbocycles. The van der Waals surface area contributed by atoms with Gasteiger partial charge in [0.25, 0.3) is 0 Å². The molecule has 2 aliphatic rings. The molecule has 1 aliphatic heterocycles. The van der Waals surface area contributed by atoms with E-state index in [9.17, 15) is 18.0 Å². The summed E-state index contributed by atoms with van der Waals surface area (Å²) in [5.41, 5.74) is 2.28. The van der Waals surface area contributed by atoms with Crippen LogP contribution < -0.4 is 14.8 Å². The van der Waals surface area contributed by atoms with Crippen molar-refractivity contribution in [2.75, 3.05) is 13.2 Å². The van der Waals surface area contributed by atoms with Crippen LogP contribution in [0.15, 0.2) is 48.5 Å². The zero-order valence-electron chi connectivity index (χ0n) is 19.7. The van der Waals surface area contributed by atoms with Crippen molar-refractivity contribution in [3.8, 4) is 11.5 Å². The van der Waals surface area contributed by atoms with E-state index in [0.717, 1.165) is 23.6 Å². The maximum atomic E-state index is 11.0. The number of rotatable bonds is 8. The minimum atomic E-state index is -5.08. The van der Waals surface area contributed by atoms with Crippen LogP contribution in [0.25, 0.3) is 0 Å². The molecule has 2 aromatic carbocycles. The normalized spacial score (nSPS) is 20.9. The molecular formula is C26H30F3NO6. The van der Waals surface area contributed by atoms with Crippen LogP contribution in [0.2, 0.25) is 0 Å². The molecular weight excluding hydrogens is 479 g/mol. The molecule has 7 nitrogen and oxygen atoms in total. The second-order valence-electron chi connectivity index (χ2n) is 8.94. The Hall–Kier alpha value is -3.27. The third kappa shape index (κ3) is 8.15. The van der Waals surface area contributed by atoms with E-state index < -0.39 is 18.1 Å².